The quantitative estimate of drug-likeness (QED) is 0.513. The van der Waals surface area contributed by atoms with Crippen molar-refractivity contribution in [2.75, 3.05) is 5.32 Å². The third-order valence-electron chi connectivity index (χ3n) is 6.27. The molecule has 0 unspecified atom stereocenters. The Bertz CT molecular complexity index is 1290. The van der Waals surface area contributed by atoms with E-state index in [9.17, 15) is 4.79 Å². The van der Waals surface area contributed by atoms with Crippen LogP contribution < -0.4 is 10.9 Å². The summed E-state index contributed by atoms with van der Waals surface area (Å²) in [5.41, 5.74) is 6.45. The number of H-pyrrole nitrogens is 1. The monoisotopic (exact) mass is 386 g/mol. The Morgan fingerprint density at radius 2 is 1.90 bits per heavy atom. The van der Waals surface area contributed by atoms with E-state index in [0.717, 1.165) is 52.0 Å². The maximum absolute atomic E-state index is 13.1. The third kappa shape index (κ3) is 3.01. The number of aromatic amines is 1. The molecule has 29 heavy (non-hydrogen) atoms. The topological polar surface area (TPSA) is 62.2 Å². The van der Waals surface area contributed by atoms with E-state index in [1.807, 2.05) is 19.1 Å². The summed E-state index contributed by atoms with van der Waals surface area (Å²) in [6, 6.07) is 10.7. The van der Waals surface area contributed by atoms with Crippen molar-refractivity contribution in [1.29, 1.82) is 0 Å². The summed E-state index contributed by atoms with van der Waals surface area (Å²) < 4.78 is 2.09. The molecule has 3 aromatic heterocycles. The first-order valence-corrected chi connectivity index (χ1v) is 10.4. The molecule has 2 N–H and O–H groups in total. The molecule has 0 radical (unpaired) electrons. The van der Waals surface area contributed by atoms with E-state index in [1.165, 1.54) is 18.4 Å². The Labute approximate surface area is 169 Å². The minimum atomic E-state index is -0.0965. The number of aromatic nitrogens is 3. The Hall–Kier alpha value is -3.08. The van der Waals surface area contributed by atoms with Crippen molar-refractivity contribution in [3.05, 3.63) is 63.6 Å². The molecule has 1 aliphatic rings. The largest absolute Gasteiger partial charge is 0.367 e. The predicted octanol–water partition coefficient (Wildman–Crippen LogP) is 5.12. The molecule has 3 heterocycles. The van der Waals surface area contributed by atoms with Crippen LogP contribution in [0, 0.1) is 20.8 Å². The lowest BCUT2D eigenvalue weighted by Crippen LogP contribution is -2.18. The van der Waals surface area contributed by atoms with Gasteiger partial charge in [0.05, 0.1) is 11.1 Å². The highest BCUT2D eigenvalue weighted by Crippen LogP contribution is 2.32. The van der Waals surface area contributed by atoms with Gasteiger partial charge in [-0.3, -0.25) is 9.20 Å². The summed E-state index contributed by atoms with van der Waals surface area (Å²) >= 11 is 0. The van der Waals surface area contributed by atoms with Gasteiger partial charge in [0, 0.05) is 12.2 Å². The van der Waals surface area contributed by atoms with Crippen LogP contribution >= 0.6 is 0 Å². The molecule has 0 amide bonds. The van der Waals surface area contributed by atoms with E-state index in [-0.39, 0.29) is 5.56 Å². The van der Waals surface area contributed by atoms with Gasteiger partial charge in [0.1, 0.15) is 17.2 Å². The molecule has 0 bridgehead atoms. The van der Waals surface area contributed by atoms with E-state index in [0.29, 0.717) is 11.6 Å². The van der Waals surface area contributed by atoms with Crippen molar-refractivity contribution < 1.29 is 0 Å². The van der Waals surface area contributed by atoms with Crippen LogP contribution in [0.5, 0.6) is 0 Å². The van der Waals surface area contributed by atoms with Crippen LogP contribution in [0.25, 0.3) is 27.8 Å². The van der Waals surface area contributed by atoms with Gasteiger partial charge in [-0.15, -0.1) is 0 Å². The Balaban J connectivity index is 1.74. The van der Waals surface area contributed by atoms with Crippen LogP contribution in [-0.2, 0) is 0 Å². The number of rotatable bonds is 3. The zero-order chi connectivity index (χ0) is 20.1. The van der Waals surface area contributed by atoms with E-state index >= 15 is 0 Å². The van der Waals surface area contributed by atoms with Crippen molar-refractivity contribution in [3.63, 3.8) is 0 Å². The number of anilines is 1. The SMILES string of the molecule is Cc1ccc2nc(-c3cc4ccc(C)c(C)c4[nH]c3=O)c(NC3CCCC3)n2c1. The molecule has 0 atom stereocenters. The molecule has 4 aromatic rings. The second-order valence-electron chi connectivity index (χ2n) is 8.35. The summed E-state index contributed by atoms with van der Waals surface area (Å²) in [5, 5.41) is 4.73. The van der Waals surface area contributed by atoms with E-state index in [4.69, 9.17) is 4.98 Å². The molecular formula is C24H26N4O. The zero-order valence-electron chi connectivity index (χ0n) is 17.2. The van der Waals surface area contributed by atoms with E-state index in [2.05, 4.69) is 52.9 Å². The minimum absolute atomic E-state index is 0.0965. The van der Waals surface area contributed by atoms with Gasteiger partial charge in [0.2, 0.25) is 0 Å². The third-order valence-corrected chi connectivity index (χ3v) is 6.27. The molecular weight excluding hydrogens is 360 g/mol. The molecule has 1 fully saturated rings. The van der Waals surface area contributed by atoms with Gasteiger partial charge in [-0.25, -0.2) is 4.98 Å². The highest BCUT2D eigenvalue weighted by atomic mass is 16.1. The van der Waals surface area contributed by atoms with Crippen LogP contribution in [0.1, 0.15) is 42.4 Å². The summed E-state index contributed by atoms with van der Waals surface area (Å²) in [6.45, 7) is 6.19. The van der Waals surface area contributed by atoms with Gasteiger partial charge < -0.3 is 10.3 Å². The first-order chi connectivity index (χ1) is 14.0. The van der Waals surface area contributed by atoms with Gasteiger partial charge in [0.25, 0.3) is 5.56 Å². The second-order valence-corrected chi connectivity index (χ2v) is 8.35. The van der Waals surface area contributed by atoms with Gasteiger partial charge >= 0.3 is 0 Å². The van der Waals surface area contributed by atoms with Gasteiger partial charge in [0.15, 0.2) is 0 Å². The molecule has 5 nitrogen and oxygen atoms in total. The van der Waals surface area contributed by atoms with Crippen molar-refractivity contribution in [2.45, 2.75) is 52.5 Å². The second kappa shape index (κ2) is 6.76. The normalized spacial score (nSPS) is 14.9. The number of hydrogen-bond acceptors (Lipinski definition) is 3. The summed E-state index contributed by atoms with van der Waals surface area (Å²) in [6.07, 6.45) is 6.90. The van der Waals surface area contributed by atoms with Gasteiger partial charge in [-0.1, -0.05) is 31.0 Å². The van der Waals surface area contributed by atoms with Crippen LogP contribution in [-0.4, -0.2) is 20.4 Å². The Morgan fingerprint density at radius 1 is 1.10 bits per heavy atom. The number of hydrogen-bond donors (Lipinski definition) is 2. The van der Waals surface area contributed by atoms with Crippen LogP contribution in [0.3, 0.4) is 0 Å². The summed E-state index contributed by atoms with van der Waals surface area (Å²) in [7, 11) is 0. The Kier molecular flexibility index (Phi) is 4.19. The first kappa shape index (κ1) is 18.0. The number of nitrogens with zero attached hydrogens (tertiary/aromatic N) is 2. The minimum Gasteiger partial charge on any atom is -0.367 e. The van der Waals surface area contributed by atoms with E-state index in [1.54, 1.807) is 0 Å². The maximum Gasteiger partial charge on any atom is 0.258 e. The fourth-order valence-electron chi connectivity index (χ4n) is 4.44. The fraction of sp³-hybridized carbons (Fsp3) is 0.333. The lowest BCUT2D eigenvalue weighted by molar-refractivity contribution is 0.749. The van der Waals surface area contributed by atoms with Crippen LogP contribution in [0.15, 0.2) is 41.3 Å². The molecule has 1 aliphatic carbocycles. The van der Waals surface area contributed by atoms with Crippen molar-refractivity contribution in [1.82, 2.24) is 14.4 Å². The molecule has 1 saturated carbocycles. The zero-order valence-corrected chi connectivity index (χ0v) is 17.2. The number of imidazole rings is 1. The average Bonchev–Trinajstić information content (AvgIpc) is 3.34. The number of benzene rings is 1. The maximum atomic E-state index is 13.1. The van der Waals surface area contributed by atoms with E-state index < -0.39 is 0 Å². The first-order valence-electron chi connectivity index (χ1n) is 10.4. The lowest BCUT2D eigenvalue weighted by atomic mass is 10.0. The summed E-state index contributed by atoms with van der Waals surface area (Å²) in [4.78, 5) is 21.1. The fourth-order valence-corrected chi connectivity index (χ4v) is 4.44. The molecule has 0 aliphatic heterocycles. The molecule has 148 valence electrons. The van der Waals surface area contributed by atoms with Crippen molar-refractivity contribution >= 4 is 22.4 Å². The molecule has 5 rings (SSSR count). The van der Waals surface area contributed by atoms with Crippen LogP contribution in [0.2, 0.25) is 0 Å². The molecule has 0 saturated heterocycles. The Morgan fingerprint density at radius 3 is 2.69 bits per heavy atom. The molecule has 0 spiro atoms. The number of nitrogens with one attached hydrogen (secondary N) is 2. The highest BCUT2D eigenvalue weighted by molar-refractivity contribution is 5.88. The highest BCUT2D eigenvalue weighted by Gasteiger charge is 2.22. The standard InChI is InChI=1S/C24H26N4O/c1-14-8-11-20-26-22(23(28(20)13-14)25-18-6-4-5-7-18)19-12-17-10-9-15(2)16(3)21(17)27-24(19)29/h8-13,18,25H,4-7H2,1-3H3,(H,27,29). The molecule has 5 heteroatoms. The van der Waals surface area contributed by atoms with Gasteiger partial charge in [-0.05, 0) is 67.8 Å². The van der Waals surface area contributed by atoms with Gasteiger partial charge in [-0.2, -0.15) is 0 Å². The van der Waals surface area contributed by atoms with Crippen molar-refractivity contribution in [2.24, 2.45) is 0 Å². The van der Waals surface area contributed by atoms with Crippen molar-refractivity contribution in [3.8, 4) is 11.3 Å². The summed E-state index contributed by atoms with van der Waals surface area (Å²) in [5.74, 6) is 0.921. The van der Waals surface area contributed by atoms with Crippen LogP contribution in [0.4, 0.5) is 5.82 Å². The lowest BCUT2D eigenvalue weighted by Gasteiger charge is -2.15. The smallest absolute Gasteiger partial charge is 0.258 e. The predicted molar refractivity (Wildman–Crippen MR) is 119 cm³/mol. The number of aryl methyl sites for hydroxylation is 3. The number of pyridine rings is 2. The number of fused-ring (bicyclic) bond motifs is 2. The average molecular weight is 386 g/mol. The molecule has 1 aromatic carbocycles.